The summed E-state index contributed by atoms with van der Waals surface area (Å²) in [5.74, 6) is -0.881. The Morgan fingerprint density at radius 2 is 0.481 bits per heavy atom. The van der Waals surface area contributed by atoms with Crippen molar-refractivity contribution >= 4 is 17.9 Å². The van der Waals surface area contributed by atoms with Gasteiger partial charge >= 0.3 is 17.9 Å². The molecule has 0 N–H and O–H groups in total. The first-order valence-electron chi connectivity index (χ1n) is 35.4. The van der Waals surface area contributed by atoms with Gasteiger partial charge in [0.15, 0.2) is 6.10 Å². The number of rotatable bonds is 65. The molecule has 0 aliphatic heterocycles. The van der Waals surface area contributed by atoms with Gasteiger partial charge in [-0.15, -0.1) is 0 Å². The quantitative estimate of drug-likeness (QED) is 0.0261. The van der Waals surface area contributed by atoms with Crippen LogP contribution in [0.1, 0.15) is 367 Å². The van der Waals surface area contributed by atoms with Crippen molar-refractivity contribution < 1.29 is 28.6 Å². The Hall–Kier alpha value is -3.15. The van der Waals surface area contributed by atoms with Crippen LogP contribution in [0.3, 0.4) is 0 Å². The van der Waals surface area contributed by atoms with E-state index in [1.54, 1.807) is 0 Å². The largest absolute Gasteiger partial charge is 0.462 e. The van der Waals surface area contributed by atoms with Crippen LogP contribution >= 0.6 is 0 Å². The lowest BCUT2D eigenvalue weighted by atomic mass is 10.0. The van der Waals surface area contributed by atoms with Gasteiger partial charge in [-0.2, -0.15) is 0 Å². The van der Waals surface area contributed by atoms with E-state index in [4.69, 9.17) is 14.2 Å². The van der Waals surface area contributed by atoms with E-state index >= 15 is 0 Å². The summed E-state index contributed by atoms with van der Waals surface area (Å²) in [6.07, 6.45) is 90.8. The lowest BCUT2D eigenvalue weighted by Crippen LogP contribution is -2.30. The lowest BCUT2D eigenvalue weighted by Gasteiger charge is -2.18. The molecule has 0 radical (unpaired) electrons. The molecule has 0 rings (SSSR count). The van der Waals surface area contributed by atoms with Crippen LogP contribution in [0.2, 0.25) is 0 Å². The fourth-order valence-corrected chi connectivity index (χ4v) is 10.4. The highest BCUT2D eigenvalue weighted by molar-refractivity contribution is 5.71. The molecular formula is C75H134O6. The Bertz CT molecular complexity index is 1490. The van der Waals surface area contributed by atoms with Gasteiger partial charge in [0, 0.05) is 19.3 Å². The number of allylic oxidation sites excluding steroid dienone is 12. The minimum absolute atomic E-state index is 0.0793. The maximum Gasteiger partial charge on any atom is 0.306 e. The van der Waals surface area contributed by atoms with Crippen LogP contribution in [0.5, 0.6) is 0 Å². The molecule has 0 saturated heterocycles. The van der Waals surface area contributed by atoms with Crippen LogP contribution in [0.15, 0.2) is 72.9 Å². The molecule has 1 atom stereocenters. The molecule has 0 aromatic heterocycles. The third-order valence-electron chi connectivity index (χ3n) is 15.7. The Morgan fingerprint density at radius 3 is 0.790 bits per heavy atom. The zero-order valence-electron chi connectivity index (χ0n) is 54.1. The van der Waals surface area contributed by atoms with Gasteiger partial charge in [-0.25, -0.2) is 0 Å². The molecule has 1 unspecified atom stereocenters. The Kier molecular flexibility index (Phi) is 66.6. The van der Waals surface area contributed by atoms with Gasteiger partial charge in [-0.05, 0) is 89.9 Å². The third kappa shape index (κ3) is 67.5. The van der Waals surface area contributed by atoms with Crippen LogP contribution in [0.25, 0.3) is 0 Å². The van der Waals surface area contributed by atoms with Gasteiger partial charge in [0.1, 0.15) is 13.2 Å². The molecule has 470 valence electrons. The number of carbonyl (C=O) groups is 3. The van der Waals surface area contributed by atoms with Crippen molar-refractivity contribution in [2.45, 2.75) is 374 Å². The number of unbranched alkanes of at least 4 members (excludes halogenated alkanes) is 42. The molecule has 0 heterocycles. The molecule has 6 nitrogen and oxygen atoms in total. The van der Waals surface area contributed by atoms with Gasteiger partial charge in [-0.1, -0.05) is 331 Å². The molecule has 0 saturated carbocycles. The van der Waals surface area contributed by atoms with E-state index in [-0.39, 0.29) is 31.1 Å². The SMILES string of the molecule is CC/C=C\C/C=C\C/C=C\C/C=C\C/C=C\CCCCCCCCCC(=O)OC(COC(=O)CCCCCCC/C=C\CCCCC)COC(=O)CCCCCCCCCCCCCCCCCCCCCCCCCCCCCC. The van der Waals surface area contributed by atoms with Gasteiger partial charge in [0.25, 0.3) is 0 Å². The number of carbonyl (C=O) groups excluding carboxylic acids is 3. The smallest absolute Gasteiger partial charge is 0.306 e. The molecule has 81 heavy (non-hydrogen) atoms. The monoisotopic (exact) mass is 1130 g/mol. The summed E-state index contributed by atoms with van der Waals surface area (Å²) in [6.45, 7) is 6.54. The van der Waals surface area contributed by atoms with Crippen molar-refractivity contribution in [2.75, 3.05) is 13.2 Å². The summed E-state index contributed by atoms with van der Waals surface area (Å²) < 4.78 is 17.0. The van der Waals surface area contributed by atoms with Crippen molar-refractivity contribution in [1.82, 2.24) is 0 Å². The number of esters is 3. The van der Waals surface area contributed by atoms with Crippen LogP contribution in [0.4, 0.5) is 0 Å². The van der Waals surface area contributed by atoms with E-state index in [1.165, 1.54) is 225 Å². The fourth-order valence-electron chi connectivity index (χ4n) is 10.4. The van der Waals surface area contributed by atoms with E-state index in [0.29, 0.717) is 19.3 Å². The van der Waals surface area contributed by atoms with Crippen LogP contribution in [-0.2, 0) is 28.6 Å². The van der Waals surface area contributed by atoms with Crippen LogP contribution < -0.4 is 0 Å². The van der Waals surface area contributed by atoms with E-state index < -0.39 is 6.10 Å². The van der Waals surface area contributed by atoms with Crippen LogP contribution in [-0.4, -0.2) is 37.2 Å². The highest BCUT2D eigenvalue weighted by Crippen LogP contribution is 2.18. The Morgan fingerprint density at radius 1 is 0.259 bits per heavy atom. The molecule has 0 aromatic carbocycles. The molecule has 0 fully saturated rings. The molecule has 6 heteroatoms. The second-order valence-corrected chi connectivity index (χ2v) is 23.8. The average molecular weight is 1130 g/mol. The van der Waals surface area contributed by atoms with Gasteiger partial charge in [-0.3, -0.25) is 14.4 Å². The normalized spacial score (nSPS) is 12.5. The Labute approximate surface area is 503 Å². The third-order valence-corrected chi connectivity index (χ3v) is 15.7. The number of hydrogen-bond acceptors (Lipinski definition) is 6. The first-order chi connectivity index (χ1) is 40.0. The van der Waals surface area contributed by atoms with Crippen molar-refractivity contribution in [3.05, 3.63) is 72.9 Å². The van der Waals surface area contributed by atoms with E-state index in [9.17, 15) is 14.4 Å². The Balaban J connectivity index is 4.22. The van der Waals surface area contributed by atoms with Crippen molar-refractivity contribution in [3.63, 3.8) is 0 Å². The zero-order valence-corrected chi connectivity index (χ0v) is 54.1. The summed E-state index contributed by atoms with van der Waals surface area (Å²) in [5, 5.41) is 0. The number of ether oxygens (including phenoxy) is 3. The summed E-state index contributed by atoms with van der Waals surface area (Å²) in [4.78, 5) is 38.4. The maximum atomic E-state index is 12.9. The standard InChI is InChI=1S/C75H134O6/c1-4-7-10-13-16-19-22-25-27-29-31-33-35-36-37-38-39-41-42-44-46-48-50-53-56-59-62-65-68-74(77)80-71-72(70-79-73(76)67-64-61-58-55-52-24-21-18-15-12-9-6-3)81-75(78)69-66-63-60-57-54-51-49-47-45-43-40-34-32-30-28-26-23-20-17-14-11-8-5-2/h8,11,17-18,20-21,26,28,32,34,43,45,72H,4-7,9-10,12-16,19,22-25,27,29-31,33,35-42,44,46-71H2,1-3H3/b11-8-,20-17-,21-18-,28-26-,34-32-,45-43-. The minimum atomic E-state index is -0.785. The second kappa shape index (κ2) is 69.3. The second-order valence-electron chi connectivity index (χ2n) is 23.8. The fraction of sp³-hybridized carbons (Fsp3) is 0.800. The summed E-state index contributed by atoms with van der Waals surface area (Å²) in [7, 11) is 0. The summed E-state index contributed by atoms with van der Waals surface area (Å²) in [6, 6.07) is 0. The first-order valence-corrected chi connectivity index (χ1v) is 35.4. The lowest BCUT2D eigenvalue weighted by molar-refractivity contribution is -0.167. The van der Waals surface area contributed by atoms with Crippen molar-refractivity contribution in [2.24, 2.45) is 0 Å². The molecule has 0 bridgehead atoms. The topological polar surface area (TPSA) is 78.9 Å². The van der Waals surface area contributed by atoms with E-state index in [1.807, 2.05) is 0 Å². The summed E-state index contributed by atoms with van der Waals surface area (Å²) in [5.41, 5.74) is 0. The van der Waals surface area contributed by atoms with Gasteiger partial charge < -0.3 is 14.2 Å². The highest BCUT2D eigenvalue weighted by atomic mass is 16.6. The van der Waals surface area contributed by atoms with E-state index in [2.05, 4.69) is 93.7 Å². The molecule has 0 amide bonds. The van der Waals surface area contributed by atoms with Crippen LogP contribution in [0, 0.1) is 0 Å². The molecule has 0 spiro atoms. The predicted octanol–water partition coefficient (Wildman–Crippen LogP) is 24.4. The molecule has 0 aromatic rings. The predicted molar refractivity (Wildman–Crippen MR) is 353 cm³/mol. The molecular weight excluding hydrogens is 997 g/mol. The van der Waals surface area contributed by atoms with Crippen molar-refractivity contribution in [3.8, 4) is 0 Å². The molecule has 0 aliphatic carbocycles. The maximum absolute atomic E-state index is 12.9. The van der Waals surface area contributed by atoms with Gasteiger partial charge in [0.05, 0.1) is 0 Å². The van der Waals surface area contributed by atoms with Gasteiger partial charge in [0.2, 0.25) is 0 Å². The molecule has 0 aliphatic rings. The van der Waals surface area contributed by atoms with E-state index in [0.717, 1.165) is 103 Å². The number of hydrogen-bond donors (Lipinski definition) is 0. The minimum Gasteiger partial charge on any atom is -0.462 e. The summed E-state index contributed by atoms with van der Waals surface area (Å²) >= 11 is 0. The highest BCUT2D eigenvalue weighted by Gasteiger charge is 2.19. The van der Waals surface area contributed by atoms with Crippen molar-refractivity contribution in [1.29, 1.82) is 0 Å². The zero-order chi connectivity index (χ0) is 58.5. The first kappa shape index (κ1) is 77.9. The average Bonchev–Trinajstić information content (AvgIpc) is 3.47.